The minimum absolute atomic E-state index is 0.217. The van der Waals surface area contributed by atoms with Crippen LogP contribution >= 0.6 is 11.3 Å². The van der Waals surface area contributed by atoms with Crippen molar-refractivity contribution in [3.63, 3.8) is 0 Å². The van der Waals surface area contributed by atoms with Crippen LogP contribution in [0.4, 0.5) is 5.13 Å². The topological polar surface area (TPSA) is 84.2 Å². The summed E-state index contributed by atoms with van der Waals surface area (Å²) < 4.78 is 10.5. The molecular formula is C14H9N3O3S. The Balaban J connectivity index is 1.65. The van der Waals surface area contributed by atoms with Crippen LogP contribution in [0.3, 0.4) is 0 Å². The SMILES string of the molecule is N#Cc1cnc(NC(=O)/C=C/c2ccc3c(c2)OCO3)s1. The molecule has 0 spiro atoms. The Morgan fingerprint density at radius 2 is 2.29 bits per heavy atom. The molecule has 0 atom stereocenters. The van der Waals surface area contributed by atoms with Crippen LogP contribution in [0.2, 0.25) is 0 Å². The minimum Gasteiger partial charge on any atom is -0.454 e. The molecule has 0 fully saturated rings. The van der Waals surface area contributed by atoms with E-state index in [1.807, 2.05) is 12.1 Å². The lowest BCUT2D eigenvalue weighted by Gasteiger charge is -1.98. The van der Waals surface area contributed by atoms with Crippen LogP contribution in [0.5, 0.6) is 11.5 Å². The minimum atomic E-state index is -0.313. The van der Waals surface area contributed by atoms with Crippen molar-refractivity contribution in [2.45, 2.75) is 0 Å². The second-order valence-electron chi connectivity index (χ2n) is 4.08. The highest BCUT2D eigenvalue weighted by Gasteiger charge is 2.12. The van der Waals surface area contributed by atoms with Gasteiger partial charge in [-0.1, -0.05) is 17.4 Å². The van der Waals surface area contributed by atoms with Crippen molar-refractivity contribution in [2.24, 2.45) is 0 Å². The van der Waals surface area contributed by atoms with E-state index in [4.69, 9.17) is 14.7 Å². The van der Waals surface area contributed by atoms with Gasteiger partial charge in [-0.2, -0.15) is 5.26 Å². The quantitative estimate of drug-likeness (QED) is 0.880. The molecule has 0 unspecified atom stereocenters. The summed E-state index contributed by atoms with van der Waals surface area (Å²) in [6.07, 6.45) is 4.48. The Labute approximate surface area is 124 Å². The molecule has 104 valence electrons. The molecule has 0 aliphatic carbocycles. The number of carbonyl (C=O) groups is 1. The number of hydrogen-bond donors (Lipinski definition) is 1. The van der Waals surface area contributed by atoms with E-state index in [-0.39, 0.29) is 12.7 Å². The molecule has 21 heavy (non-hydrogen) atoms. The first-order valence-corrected chi connectivity index (χ1v) is 6.81. The number of anilines is 1. The zero-order valence-electron chi connectivity index (χ0n) is 10.7. The molecule has 1 aliphatic rings. The summed E-state index contributed by atoms with van der Waals surface area (Å²) in [5, 5.41) is 11.7. The Kier molecular flexibility index (Phi) is 3.53. The zero-order chi connectivity index (χ0) is 14.7. The van der Waals surface area contributed by atoms with Gasteiger partial charge < -0.3 is 9.47 Å². The summed E-state index contributed by atoms with van der Waals surface area (Å²) in [4.78, 5) is 16.1. The molecule has 0 saturated carbocycles. The van der Waals surface area contributed by atoms with Crippen LogP contribution in [-0.4, -0.2) is 17.7 Å². The fourth-order valence-corrected chi connectivity index (χ4v) is 2.34. The summed E-state index contributed by atoms with van der Waals surface area (Å²) >= 11 is 1.12. The number of carbonyl (C=O) groups excluding carboxylic acids is 1. The second-order valence-corrected chi connectivity index (χ2v) is 5.11. The van der Waals surface area contributed by atoms with Gasteiger partial charge in [-0.25, -0.2) is 4.98 Å². The predicted octanol–water partition coefficient (Wildman–Crippen LogP) is 2.40. The van der Waals surface area contributed by atoms with E-state index in [9.17, 15) is 4.79 Å². The summed E-state index contributed by atoms with van der Waals surface area (Å²) in [5.74, 6) is 1.05. The number of nitriles is 1. The van der Waals surface area contributed by atoms with E-state index in [0.29, 0.717) is 21.5 Å². The Bertz CT molecular complexity index is 761. The van der Waals surface area contributed by atoms with Crippen molar-refractivity contribution in [1.82, 2.24) is 4.98 Å². The average molecular weight is 299 g/mol. The van der Waals surface area contributed by atoms with Crippen LogP contribution in [0.1, 0.15) is 10.4 Å². The van der Waals surface area contributed by atoms with Crippen molar-refractivity contribution < 1.29 is 14.3 Å². The van der Waals surface area contributed by atoms with Crippen molar-refractivity contribution in [3.05, 3.63) is 40.9 Å². The van der Waals surface area contributed by atoms with Gasteiger partial charge in [-0.05, 0) is 23.8 Å². The van der Waals surface area contributed by atoms with Crippen molar-refractivity contribution in [1.29, 1.82) is 5.26 Å². The standard InChI is InChI=1S/C14H9N3O3S/c15-6-10-7-16-14(21-10)17-13(18)4-2-9-1-3-11-12(5-9)20-8-19-11/h1-5,7H,8H2,(H,16,17,18)/b4-2+. The highest BCUT2D eigenvalue weighted by atomic mass is 32.1. The number of hydrogen-bond acceptors (Lipinski definition) is 6. The molecule has 0 radical (unpaired) electrons. The number of thiazole rings is 1. The maximum absolute atomic E-state index is 11.7. The van der Waals surface area contributed by atoms with Crippen molar-refractivity contribution >= 4 is 28.5 Å². The summed E-state index contributed by atoms with van der Waals surface area (Å²) in [7, 11) is 0. The van der Waals surface area contributed by atoms with Gasteiger partial charge in [-0.15, -0.1) is 0 Å². The van der Waals surface area contributed by atoms with Gasteiger partial charge in [0.05, 0.1) is 6.20 Å². The average Bonchev–Trinajstić information content (AvgIpc) is 3.13. The van der Waals surface area contributed by atoms with Gasteiger partial charge in [0.2, 0.25) is 12.7 Å². The molecule has 6 nitrogen and oxygen atoms in total. The highest BCUT2D eigenvalue weighted by molar-refractivity contribution is 7.16. The van der Waals surface area contributed by atoms with Crippen LogP contribution < -0.4 is 14.8 Å². The van der Waals surface area contributed by atoms with Crippen LogP contribution in [0.25, 0.3) is 6.08 Å². The van der Waals surface area contributed by atoms with Crippen molar-refractivity contribution in [3.8, 4) is 17.6 Å². The van der Waals surface area contributed by atoms with E-state index < -0.39 is 0 Å². The van der Waals surface area contributed by atoms with E-state index in [1.54, 1.807) is 18.2 Å². The third-order valence-electron chi connectivity index (χ3n) is 2.67. The molecule has 1 aromatic heterocycles. The molecule has 3 rings (SSSR count). The molecule has 1 N–H and O–H groups in total. The fourth-order valence-electron chi connectivity index (χ4n) is 1.72. The fraction of sp³-hybridized carbons (Fsp3) is 0.0714. The molecule has 0 bridgehead atoms. The smallest absolute Gasteiger partial charge is 0.250 e. The van der Waals surface area contributed by atoms with E-state index in [1.165, 1.54) is 12.3 Å². The largest absolute Gasteiger partial charge is 0.454 e. The van der Waals surface area contributed by atoms with Gasteiger partial charge >= 0.3 is 0 Å². The van der Waals surface area contributed by atoms with Crippen LogP contribution in [-0.2, 0) is 4.79 Å². The highest BCUT2D eigenvalue weighted by Crippen LogP contribution is 2.32. The van der Waals surface area contributed by atoms with Crippen molar-refractivity contribution in [2.75, 3.05) is 12.1 Å². The maximum Gasteiger partial charge on any atom is 0.250 e. The Hall–Kier alpha value is -2.85. The van der Waals surface area contributed by atoms with E-state index in [2.05, 4.69) is 10.3 Å². The number of ether oxygens (including phenoxy) is 2. The number of fused-ring (bicyclic) bond motifs is 1. The molecule has 7 heteroatoms. The van der Waals surface area contributed by atoms with Gasteiger partial charge in [0.1, 0.15) is 10.9 Å². The molecule has 1 aromatic carbocycles. The lowest BCUT2D eigenvalue weighted by molar-refractivity contribution is -0.111. The summed E-state index contributed by atoms with van der Waals surface area (Å²) in [6, 6.07) is 7.38. The van der Waals surface area contributed by atoms with E-state index >= 15 is 0 Å². The second kappa shape index (κ2) is 5.64. The lowest BCUT2D eigenvalue weighted by Crippen LogP contribution is -2.07. The molecular weight excluding hydrogens is 290 g/mol. The maximum atomic E-state index is 11.7. The van der Waals surface area contributed by atoms with Gasteiger partial charge in [0.15, 0.2) is 16.6 Å². The predicted molar refractivity (Wildman–Crippen MR) is 77.1 cm³/mol. The normalized spacial score (nSPS) is 12.3. The first-order chi connectivity index (χ1) is 10.2. The molecule has 1 aliphatic heterocycles. The Morgan fingerprint density at radius 3 is 3.10 bits per heavy atom. The molecule has 2 heterocycles. The summed E-state index contributed by atoms with van der Waals surface area (Å²) in [6.45, 7) is 0.217. The number of nitrogens with zero attached hydrogens (tertiary/aromatic N) is 2. The molecule has 0 saturated heterocycles. The lowest BCUT2D eigenvalue weighted by atomic mass is 10.2. The van der Waals surface area contributed by atoms with Crippen LogP contribution in [0.15, 0.2) is 30.5 Å². The monoisotopic (exact) mass is 299 g/mol. The Morgan fingerprint density at radius 1 is 1.43 bits per heavy atom. The number of nitrogens with one attached hydrogen (secondary N) is 1. The van der Waals surface area contributed by atoms with Gasteiger partial charge in [-0.3, -0.25) is 10.1 Å². The van der Waals surface area contributed by atoms with Crippen LogP contribution in [0, 0.1) is 11.3 Å². The third-order valence-corrected chi connectivity index (χ3v) is 3.49. The molecule has 2 aromatic rings. The number of aromatic nitrogens is 1. The molecule has 1 amide bonds. The zero-order valence-corrected chi connectivity index (χ0v) is 11.5. The number of amides is 1. The van der Waals surface area contributed by atoms with Gasteiger partial charge in [0.25, 0.3) is 0 Å². The first-order valence-electron chi connectivity index (χ1n) is 5.99. The third kappa shape index (κ3) is 3.01. The number of rotatable bonds is 3. The van der Waals surface area contributed by atoms with Gasteiger partial charge in [0, 0.05) is 6.08 Å². The summed E-state index contributed by atoms with van der Waals surface area (Å²) in [5.41, 5.74) is 0.825. The first kappa shape index (κ1) is 13.1. The van der Waals surface area contributed by atoms with E-state index in [0.717, 1.165) is 16.9 Å². The number of benzene rings is 1.